The summed E-state index contributed by atoms with van der Waals surface area (Å²) in [6.45, 7) is 4.30. The van der Waals surface area contributed by atoms with Crippen molar-refractivity contribution in [1.29, 1.82) is 0 Å². The van der Waals surface area contributed by atoms with Gasteiger partial charge in [0.25, 0.3) is 0 Å². The number of aromatic amines is 1. The molecule has 0 amide bonds. The molecule has 1 rings (SSSR count). The molecule has 0 aliphatic rings. The molecule has 0 atom stereocenters. The van der Waals surface area contributed by atoms with Gasteiger partial charge in [-0.25, -0.2) is 0 Å². The molecular weight excluding hydrogens is 148 g/mol. The van der Waals surface area contributed by atoms with E-state index in [-0.39, 0.29) is 0 Å². The summed E-state index contributed by atoms with van der Waals surface area (Å²) in [5.41, 5.74) is 1.04. The van der Waals surface area contributed by atoms with Crippen LogP contribution in [0.1, 0.15) is 19.5 Å². The molecule has 3 heteroatoms. The highest BCUT2D eigenvalue weighted by Gasteiger charge is 2.03. The molecular formula is C7H11ClN2. The number of hydrogen-bond donors (Lipinski definition) is 1. The normalized spacial score (nSPS) is 10.8. The van der Waals surface area contributed by atoms with Gasteiger partial charge in [0.05, 0.1) is 16.9 Å². The Hall–Kier alpha value is -0.500. The molecule has 0 aromatic carbocycles. The quantitative estimate of drug-likeness (QED) is 0.703. The maximum absolute atomic E-state index is 5.79. The average Bonchev–Trinajstić information content (AvgIpc) is 2.15. The molecule has 0 aliphatic carbocycles. The van der Waals surface area contributed by atoms with E-state index in [0.717, 1.165) is 17.1 Å². The molecule has 0 saturated carbocycles. The maximum Gasteiger partial charge on any atom is 0.0815 e. The number of aromatic nitrogens is 2. The smallest absolute Gasteiger partial charge is 0.0815 e. The zero-order valence-electron chi connectivity index (χ0n) is 6.19. The van der Waals surface area contributed by atoms with Crippen LogP contribution in [0.4, 0.5) is 0 Å². The highest BCUT2D eigenvalue weighted by molar-refractivity contribution is 6.31. The highest BCUT2D eigenvalue weighted by atomic mass is 35.5. The molecule has 1 aromatic rings. The van der Waals surface area contributed by atoms with Crippen molar-refractivity contribution < 1.29 is 0 Å². The highest BCUT2D eigenvalue weighted by Crippen LogP contribution is 2.14. The number of hydrogen-bond acceptors (Lipinski definition) is 1. The fourth-order valence-corrected chi connectivity index (χ4v) is 1.02. The van der Waals surface area contributed by atoms with Crippen LogP contribution in [0.3, 0.4) is 0 Å². The number of rotatable bonds is 2. The second-order valence-corrected chi connectivity index (χ2v) is 3.20. The van der Waals surface area contributed by atoms with Crippen molar-refractivity contribution in [3.8, 4) is 0 Å². The summed E-state index contributed by atoms with van der Waals surface area (Å²) < 4.78 is 0. The average molecular weight is 159 g/mol. The zero-order chi connectivity index (χ0) is 7.56. The second-order valence-electron chi connectivity index (χ2n) is 2.79. The number of H-pyrrole nitrogens is 1. The van der Waals surface area contributed by atoms with Crippen molar-refractivity contribution >= 4 is 11.6 Å². The monoisotopic (exact) mass is 158 g/mol. The lowest BCUT2D eigenvalue weighted by atomic mass is 10.1. The van der Waals surface area contributed by atoms with E-state index in [1.807, 2.05) is 0 Å². The predicted molar refractivity (Wildman–Crippen MR) is 42.1 cm³/mol. The molecule has 10 heavy (non-hydrogen) atoms. The Balaban J connectivity index is 2.65. The molecule has 0 bridgehead atoms. The molecule has 0 aliphatic heterocycles. The molecule has 0 unspecified atom stereocenters. The van der Waals surface area contributed by atoms with E-state index >= 15 is 0 Å². The first-order valence-electron chi connectivity index (χ1n) is 3.38. The minimum absolute atomic E-state index is 0.623. The van der Waals surface area contributed by atoms with Crippen LogP contribution in [0, 0.1) is 5.92 Å². The molecule has 0 fully saturated rings. The topological polar surface area (TPSA) is 28.7 Å². The Kier molecular flexibility index (Phi) is 2.33. The summed E-state index contributed by atoms with van der Waals surface area (Å²) in [5.74, 6) is 0.623. The summed E-state index contributed by atoms with van der Waals surface area (Å²) in [4.78, 5) is 0. The predicted octanol–water partition coefficient (Wildman–Crippen LogP) is 2.26. The van der Waals surface area contributed by atoms with Crippen molar-refractivity contribution in [1.82, 2.24) is 10.2 Å². The van der Waals surface area contributed by atoms with Crippen LogP contribution in [0.2, 0.25) is 5.02 Å². The molecule has 2 nitrogen and oxygen atoms in total. The van der Waals surface area contributed by atoms with Gasteiger partial charge in [-0.05, 0) is 12.3 Å². The van der Waals surface area contributed by atoms with Gasteiger partial charge in [-0.3, -0.25) is 5.10 Å². The van der Waals surface area contributed by atoms with Gasteiger partial charge in [0, 0.05) is 0 Å². The van der Waals surface area contributed by atoms with Gasteiger partial charge in [-0.1, -0.05) is 25.4 Å². The van der Waals surface area contributed by atoms with Crippen molar-refractivity contribution in [2.24, 2.45) is 5.92 Å². The molecule has 1 heterocycles. The summed E-state index contributed by atoms with van der Waals surface area (Å²) in [7, 11) is 0. The SMILES string of the molecule is CC(C)Cc1[nH]ncc1Cl. The standard InChI is InChI=1S/C7H11ClN2/c1-5(2)3-7-6(8)4-9-10-7/h4-5H,3H2,1-2H3,(H,9,10). The van der Waals surface area contributed by atoms with Gasteiger partial charge in [0.15, 0.2) is 0 Å². The lowest BCUT2D eigenvalue weighted by Crippen LogP contribution is -1.94. The Morgan fingerprint density at radius 2 is 2.40 bits per heavy atom. The third-order valence-electron chi connectivity index (χ3n) is 1.28. The van der Waals surface area contributed by atoms with Gasteiger partial charge in [0.2, 0.25) is 0 Å². The van der Waals surface area contributed by atoms with Gasteiger partial charge in [-0.15, -0.1) is 0 Å². The van der Waals surface area contributed by atoms with Crippen LogP contribution in [0.25, 0.3) is 0 Å². The zero-order valence-corrected chi connectivity index (χ0v) is 6.94. The Labute approximate surface area is 65.6 Å². The number of nitrogens with zero attached hydrogens (tertiary/aromatic N) is 1. The van der Waals surface area contributed by atoms with E-state index < -0.39 is 0 Å². The summed E-state index contributed by atoms with van der Waals surface area (Å²) >= 11 is 5.79. The van der Waals surface area contributed by atoms with Crippen LogP contribution < -0.4 is 0 Å². The van der Waals surface area contributed by atoms with Crippen molar-refractivity contribution in [2.75, 3.05) is 0 Å². The molecule has 0 radical (unpaired) electrons. The summed E-state index contributed by atoms with van der Waals surface area (Å²) in [6.07, 6.45) is 2.61. The Morgan fingerprint density at radius 3 is 2.80 bits per heavy atom. The van der Waals surface area contributed by atoms with E-state index in [0.29, 0.717) is 5.92 Å². The van der Waals surface area contributed by atoms with E-state index in [2.05, 4.69) is 24.0 Å². The van der Waals surface area contributed by atoms with Crippen molar-refractivity contribution in [3.63, 3.8) is 0 Å². The van der Waals surface area contributed by atoms with Crippen LogP contribution >= 0.6 is 11.6 Å². The molecule has 1 N–H and O–H groups in total. The third kappa shape index (κ3) is 1.74. The third-order valence-corrected chi connectivity index (χ3v) is 1.60. The number of nitrogens with one attached hydrogen (secondary N) is 1. The van der Waals surface area contributed by atoms with Gasteiger partial charge < -0.3 is 0 Å². The first-order chi connectivity index (χ1) is 4.70. The first-order valence-corrected chi connectivity index (χ1v) is 3.75. The van der Waals surface area contributed by atoms with Gasteiger partial charge in [0.1, 0.15) is 0 Å². The lowest BCUT2D eigenvalue weighted by Gasteiger charge is -2.00. The van der Waals surface area contributed by atoms with Crippen LogP contribution in [-0.4, -0.2) is 10.2 Å². The van der Waals surface area contributed by atoms with Crippen LogP contribution in [0.5, 0.6) is 0 Å². The van der Waals surface area contributed by atoms with E-state index in [4.69, 9.17) is 11.6 Å². The fraction of sp³-hybridized carbons (Fsp3) is 0.571. The Bertz CT molecular complexity index is 205. The van der Waals surface area contributed by atoms with Gasteiger partial charge >= 0.3 is 0 Å². The van der Waals surface area contributed by atoms with Gasteiger partial charge in [-0.2, -0.15) is 5.10 Å². The molecule has 1 aromatic heterocycles. The summed E-state index contributed by atoms with van der Waals surface area (Å²) in [5, 5.41) is 7.42. The summed E-state index contributed by atoms with van der Waals surface area (Å²) in [6, 6.07) is 0. The van der Waals surface area contributed by atoms with Crippen LogP contribution in [0.15, 0.2) is 6.20 Å². The number of halogens is 1. The van der Waals surface area contributed by atoms with Crippen molar-refractivity contribution in [3.05, 3.63) is 16.9 Å². The van der Waals surface area contributed by atoms with E-state index in [1.54, 1.807) is 6.20 Å². The Morgan fingerprint density at radius 1 is 1.70 bits per heavy atom. The lowest BCUT2D eigenvalue weighted by molar-refractivity contribution is 0.634. The fourth-order valence-electron chi connectivity index (χ4n) is 0.850. The largest absolute Gasteiger partial charge is 0.281 e. The van der Waals surface area contributed by atoms with E-state index in [1.165, 1.54) is 0 Å². The molecule has 0 saturated heterocycles. The minimum Gasteiger partial charge on any atom is -0.281 e. The van der Waals surface area contributed by atoms with Crippen molar-refractivity contribution in [2.45, 2.75) is 20.3 Å². The molecule has 0 spiro atoms. The maximum atomic E-state index is 5.79. The first kappa shape index (κ1) is 7.61. The second kappa shape index (κ2) is 3.06. The van der Waals surface area contributed by atoms with Crippen LogP contribution in [-0.2, 0) is 6.42 Å². The molecule has 56 valence electrons. The minimum atomic E-state index is 0.623. The van der Waals surface area contributed by atoms with E-state index in [9.17, 15) is 0 Å².